The van der Waals surface area contributed by atoms with Crippen molar-refractivity contribution in [2.45, 2.75) is 45.7 Å². The highest BCUT2D eigenvalue weighted by Crippen LogP contribution is 1.94. The normalized spacial score (nSPS) is 14.9. The molecule has 2 atom stereocenters. The van der Waals surface area contributed by atoms with Crippen molar-refractivity contribution >= 4 is 5.91 Å². The van der Waals surface area contributed by atoms with Crippen molar-refractivity contribution in [1.82, 2.24) is 5.32 Å². The van der Waals surface area contributed by atoms with Crippen LogP contribution in [0, 0.1) is 0 Å². The van der Waals surface area contributed by atoms with Crippen molar-refractivity contribution in [3.8, 4) is 0 Å². The Kier molecular flexibility index (Phi) is 7.42. The lowest BCUT2D eigenvalue weighted by atomic mass is 10.1. The molecule has 0 bridgehead atoms. The van der Waals surface area contributed by atoms with Crippen LogP contribution < -0.4 is 11.1 Å². The summed E-state index contributed by atoms with van der Waals surface area (Å²) in [4.78, 5) is 11.4. The number of hydrogen-bond acceptors (Lipinski definition) is 3. The Labute approximate surface area is 86.2 Å². The van der Waals surface area contributed by atoms with E-state index in [1.165, 1.54) is 0 Å². The smallest absolute Gasteiger partial charge is 0.237 e. The van der Waals surface area contributed by atoms with Gasteiger partial charge < -0.3 is 15.8 Å². The summed E-state index contributed by atoms with van der Waals surface area (Å²) in [5, 5.41) is 2.81. The van der Waals surface area contributed by atoms with E-state index in [0.29, 0.717) is 13.2 Å². The minimum Gasteiger partial charge on any atom is -0.380 e. The summed E-state index contributed by atoms with van der Waals surface area (Å²) < 4.78 is 5.18. The average Bonchev–Trinajstić information content (AvgIpc) is 2.15. The van der Waals surface area contributed by atoms with Gasteiger partial charge >= 0.3 is 0 Å². The van der Waals surface area contributed by atoms with Crippen LogP contribution in [-0.2, 0) is 9.53 Å². The highest BCUT2D eigenvalue weighted by molar-refractivity contribution is 5.81. The molecule has 1 amide bonds. The second-order valence-corrected chi connectivity index (χ2v) is 3.46. The van der Waals surface area contributed by atoms with Gasteiger partial charge in [-0.1, -0.05) is 13.3 Å². The number of nitrogens with two attached hydrogens (primary N) is 1. The van der Waals surface area contributed by atoms with Gasteiger partial charge in [0.05, 0.1) is 12.6 Å². The van der Waals surface area contributed by atoms with E-state index in [-0.39, 0.29) is 18.0 Å². The van der Waals surface area contributed by atoms with Crippen LogP contribution >= 0.6 is 0 Å². The fraction of sp³-hybridized carbons (Fsp3) is 0.900. The summed E-state index contributed by atoms with van der Waals surface area (Å²) >= 11 is 0. The van der Waals surface area contributed by atoms with Crippen LogP contribution in [0.1, 0.15) is 33.6 Å². The van der Waals surface area contributed by atoms with Gasteiger partial charge in [0.15, 0.2) is 0 Å². The third kappa shape index (κ3) is 5.94. The molecule has 4 nitrogen and oxygen atoms in total. The second-order valence-electron chi connectivity index (χ2n) is 3.46. The molecule has 0 aromatic heterocycles. The molecule has 0 aromatic rings. The number of hydrogen-bond donors (Lipinski definition) is 2. The number of carbonyl (C=O) groups is 1. The molecule has 0 saturated heterocycles. The molecule has 0 spiro atoms. The first-order valence-electron chi connectivity index (χ1n) is 5.25. The molecule has 0 radical (unpaired) electrons. The van der Waals surface area contributed by atoms with Gasteiger partial charge in [0, 0.05) is 12.6 Å². The van der Waals surface area contributed by atoms with Crippen molar-refractivity contribution in [3.63, 3.8) is 0 Å². The van der Waals surface area contributed by atoms with E-state index in [0.717, 1.165) is 12.8 Å². The minimum atomic E-state index is -0.385. The van der Waals surface area contributed by atoms with Gasteiger partial charge in [-0.15, -0.1) is 0 Å². The molecule has 0 aromatic carbocycles. The van der Waals surface area contributed by atoms with E-state index < -0.39 is 0 Å². The number of nitrogens with one attached hydrogen (secondary N) is 1. The minimum absolute atomic E-state index is 0.0327. The maximum Gasteiger partial charge on any atom is 0.237 e. The van der Waals surface area contributed by atoms with Crippen LogP contribution in [0.5, 0.6) is 0 Å². The van der Waals surface area contributed by atoms with Crippen molar-refractivity contribution in [1.29, 1.82) is 0 Å². The van der Waals surface area contributed by atoms with Crippen molar-refractivity contribution in [3.05, 3.63) is 0 Å². The maximum atomic E-state index is 11.4. The SMILES string of the molecule is CCC[C@@H](N)C(=O)NC(C)COCC. The highest BCUT2D eigenvalue weighted by atomic mass is 16.5. The van der Waals surface area contributed by atoms with Crippen LogP contribution in [0.4, 0.5) is 0 Å². The number of rotatable bonds is 7. The summed E-state index contributed by atoms with van der Waals surface area (Å²) in [6.45, 7) is 7.06. The quantitative estimate of drug-likeness (QED) is 0.637. The lowest BCUT2D eigenvalue weighted by Crippen LogP contribution is -2.45. The van der Waals surface area contributed by atoms with E-state index in [1.807, 2.05) is 20.8 Å². The molecule has 3 N–H and O–H groups in total. The maximum absolute atomic E-state index is 11.4. The van der Waals surface area contributed by atoms with Gasteiger partial charge in [-0.05, 0) is 20.3 Å². The molecule has 0 rings (SSSR count). The summed E-state index contributed by atoms with van der Waals surface area (Å²) in [5.74, 6) is -0.0842. The highest BCUT2D eigenvalue weighted by Gasteiger charge is 2.14. The number of amides is 1. The van der Waals surface area contributed by atoms with Crippen LogP contribution in [0.2, 0.25) is 0 Å². The Balaban J connectivity index is 3.69. The molecule has 4 heteroatoms. The predicted octanol–water partition coefficient (Wildman–Crippen LogP) is 0.655. The fourth-order valence-electron chi connectivity index (χ4n) is 1.13. The zero-order valence-corrected chi connectivity index (χ0v) is 9.38. The summed E-state index contributed by atoms with van der Waals surface area (Å²) in [7, 11) is 0. The Morgan fingerprint density at radius 1 is 1.50 bits per heavy atom. The lowest BCUT2D eigenvalue weighted by Gasteiger charge is -2.16. The summed E-state index contributed by atoms with van der Waals surface area (Å²) in [5.41, 5.74) is 5.65. The average molecular weight is 202 g/mol. The Morgan fingerprint density at radius 3 is 2.64 bits per heavy atom. The fourth-order valence-corrected chi connectivity index (χ4v) is 1.13. The monoisotopic (exact) mass is 202 g/mol. The first kappa shape index (κ1) is 13.4. The lowest BCUT2D eigenvalue weighted by molar-refractivity contribution is -0.123. The Morgan fingerprint density at radius 2 is 2.14 bits per heavy atom. The van der Waals surface area contributed by atoms with Crippen LogP contribution in [-0.4, -0.2) is 31.2 Å². The van der Waals surface area contributed by atoms with Gasteiger partial charge in [0.2, 0.25) is 5.91 Å². The van der Waals surface area contributed by atoms with E-state index in [4.69, 9.17) is 10.5 Å². The molecule has 0 aliphatic carbocycles. The van der Waals surface area contributed by atoms with Crippen LogP contribution in [0.25, 0.3) is 0 Å². The Bertz CT molecular complexity index is 162. The molecule has 14 heavy (non-hydrogen) atoms. The molecule has 1 unspecified atom stereocenters. The molecule has 0 saturated carbocycles. The van der Waals surface area contributed by atoms with E-state index in [1.54, 1.807) is 0 Å². The molecule has 0 aliphatic heterocycles. The molecule has 84 valence electrons. The van der Waals surface area contributed by atoms with Gasteiger partial charge in [-0.2, -0.15) is 0 Å². The number of carbonyl (C=O) groups excluding carboxylic acids is 1. The molecule has 0 heterocycles. The zero-order chi connectivity index (χ0) is 11.0. The standard InChI is InChI=1S/C10H22N2O2/c1-4-6-9(11)10(13)12-8(3)7-14-5-2/h8-9H,4-7,11H2,1-3H3,(H,12,13)/t8?,9-/m1/s1. The molecule has 0 aliphatic rings. The van der Waals surface area contributed by atoms with Crippen LogP contribution in [0.3, 0.4) is 0 Å². The first-order valence-corrected chi connectivity index (χ1v) is 5.25. The number of ether oxygens (including phenoxy) is 1. The summed E-state index contributed by atoms with van der Waals surface area (Å²) in [6, 6.07) is -0.352. The summed E-state index contributed by atoms with van der Waals surface area (Å²) in [6.07, 6.45) is 1.65. The van der Waals surface area contributed by atoms with E-state index >= 15 is 0 Å². The van der Waals surface area contributed by atoms with E-state index in [9.17, 15) is 4.79 Å². The van der Waals surface area contributed by atoms with Gasteiger partial charge in [-0.3, -0.25) is 4.79 Å². The Hall–Kier alpha value is -0.610. The second kappa shape index (κ2) is 7.76. The van der Waals surface area contributed by atoms with Gasteiger partial charge in [-0.25, -0.2) is 0 Å². The topological polar surface area (TPSA) is 64.4 Å². The van der Waals surface area contributed by atoms with Gasteiger partial charge in [0.25, 0.3) is 0 Å². The molecular weight excluding hydrogens is 180 g/mol. The van der Waals surface area contributed by atoms with Crippen molar-refractivity contribution in [2.75, 3.05) is 13.2 Å². The van der Waals surface area contributed by atoms with Crippen molar-refractivity contribution < 1.29 is 9.53 Å². The van der Waals surface area contributed by atoms with Gasteiger partial charge in [0.1, 0.15) is 0 Å². The van der Waals surface area contributed by atoms with E-state index in [2.05, 4.69) is 5.32 Å². The third-order valence-corrected chi connectivity index (χ3v) is 1.90. The van der Waals surface area contributed by atoms with Crippen LogP contribution in [0.15, 0.2) is 0 Å². The first-order chi connectivity index (χ1) is 6.61. The zero-order valence-electron chi connectivity index (χ0n) is 9.38. The molecular formula is C10H22N2O2. The third-order valence-electron chi connectivity index (χ3n) is 1.90. The predicted molar refractivity (Wildman–Crippen MR) is 57.0 cm³/mol. The van der Waals surface area contributed by atoms with Crippen molar-refractivity contribution in [2.24, 2.45) is 5.73 Å². The molecule has 0 fully saturated rings. The largest absolute Gasteiger partial charge is 0.380 e.